The molecule has 0 spiro atoms. The summed E-state index contributed by atoms with van der Waals surface area (Å²) in [6.07, 6.45) is 3.46. The third kappa shape index (κ3) is 4.73. The van der Waals surface area contributed by atoms with Gasteiger partial charge in [0.25, 0.3) is 5.91 Å². The van der Waals surface area contributed by atoms with Gasteiger partial charge in [-0.05, 0) is 18.2 Å². The number of carbonyl (C=O) groups excluding carboxylic acids is 1. The molecule has 1 aliphatic heterocycles. The summed E-state index contributed by atoms with van der Waals surface area (Å²) in [5, 5.41) is 3.86. The Morgan fingerprint density at radius 1 is 1.12 bits per heavy atom. The van der Waals surface area contributed by atoms with Crippen molar-refractivity contribution in [2.24, 2.45) is 0 Å². The third-order valence-electron chi connectivity index (χ3n) is 3.99. The van der Waals surface area contributed by atoms with Crippen molar-refractivity contribution in [3.63, 3.8) is 0 Å². The number of nitrogens with zero attached hydrogens (tertiary/aromatic N) is 3. The predicted molar refractivity (Wildman–Crippen MR) is 99.9 cm³/mol. The number of benzene rings is 1. The monoisotopic (exact) mass is 400 g/mol. The fraction of sp³-hybridized carbons (Fsp3) is 0.312. The van der Waals surface area contributed by atoms with E-state index in [2.05, 4.69) is 20.2 Å². The fourth-order valence-electron chi connectivity index (χ4n) is 2.73. The Morgan fingerprint density at radius 2 is 1.72 bits per heavy atom. The summed E-state index contributed by atoms with van der Waals surface area (Å²) < 4.78 is 0. The normalized spacial score (nSPS) is 15.2. The second-order valence-corrected chi connectivity index (χ2v) is 7.01. The number of halogens is 3. The Labute approximate surface area is 160 Å². The first-order valence-corrected chi connectivity index (χ1v) is 8.96. The molecule has 132 valence electrons. The molecule has 1 fully saturated rings. The van der Waals surface area contributed by atoms with Gasteiger partial charge >= 0.3 is 0 Å². The lowest BCUT2D eigenvalue weighted by atomic mass is 10.3. The quantitative estimate of drug-likeness (QED) is 0.820. The van der Waals surface area contributed by atoms with E-state index in [4.69, 9.17) is 34.8 Å². The molecule has 2 aromatic rings. The van der Waals surface area contributed by atoms with Gasteiger partial charge in [-0.3, -0.25) is 4.79 Å². The Bertz CT molecular complexity index is 728. The van der Waals surface area contributed by atoms with Crippen molar-refractivity contribution in [3.05, 3.63) is 45.7 Å². The van der Waals surface area contributed by atoms with Crippen LogP contribution in [0.1, 0.15) is 0 Å². The molecule has 0 bridgehead atoms. The number of hydrogen-bond acceptors (Lipinski definition) is 4. The van der Waals surface area contributed by atoms with Crippen molar-refractivity contribution >= 4 is 52.3 Å². The highest BCUT2D eigenvalue weighted by molar-refractivity contribution is 6.42. The summed E-state index contributed by atoms with van der Waals surface area (Å²) in [5.74, 6) is 0.594. The average Bonchev–Trinajstić information content (AvgIpc) is 2.59. The second-order valence-electron chi connectivity index (χ2n) is 5.76. The summed E-state index contributed by atoms with van der Waals surface area (Å²) in [5.41, 5.74) is 0.397. The molecule has 9 heteroatoms. The molecule has 1 aliphatic rings. The lowest BCUT2D eigenvalue weighted by Crippen LogP contribution is -3.15. The maximum atomic E-state index is 12.3. The van der Waals surface area contributed by atoms with Gasteiger partial charge in [0.1, 0.15) is 0 Å². The van der Waals surface area contributed by atoms with Gasteiger partial charge in [-0.1, -0.05) is 34.8 Å². The van der Waals surface area contributed by atoms with Crippen LogP contribution in [-0.2, 0) is 4.79 Å². The van der Waals surface area contributed by atoms with Gasteiger partial charge < -0.3 is 15.1 Å². The Hall–Kier alpha value is -1.60. The van der Waals surface area contributed by atoms with E-state index in [1.807, 2.05) is 0 Å². The molecule has 25 heavy (non-hydrogen) atoms. The van der Waals surface area contributed by atoms with Crippen LogP contribution in [0.2, 0.25) is 15.1 Å². The minimum atomic E-state index is -0.134. The van der Waals surface area contributed by atoms with Gasteiger partial charge in [0, 0.05) is 17.4 Å². The molecule has 1 saturated heterocycles. The second kappa shape index (κ2) is 8.19. The minimum absolute atomic E-state index is 0.134. The molecule has 1 amide bonds. The number of aromatic nitrogens is 2. The smallest absolute Gasteiger partial charge is 0.279 e. The van der Waals surface area contributed by atoms with Crippen molar-refractivity contribution < 1.29 is 9.69 Å². The number of quaternary nitrogens is 1. The fourth-order valence-corrected chi connectivity index (χ4v) is 3.64. The van der Waals surface area contributed by atoms with Crippen LogP contribution in [0.15, 0.2) is 30.6 Å². The van der Waals surface area contributed by atoms with E-state index in [0.717, 1.165) is 32.1 Å². The van der Waals surface area contributed by atoms with Gasteiger partial charge in [-0.25, -0.2) is 9.97 Å². The maximum Gasteiger partial charge on any atom is 0.279 e. The first-order chi connectivity index (χ1) is 12.0. The van der Waals surface area contributed by atoms with E-state index in [9.17, 15) is 4.79 Å². The summed E-state index contributed by atoms with van der Waals surface area (Å²) in [7, 11) is 0. The number of nitrogens with one attached hydrogen (secondary N) is 2. The highest BCUT2D eigenvalue weighted by atomic mass is 35.5. The van der Waals surface area contributed by atoms with Crippen molar-refractivity contribution in [1.29, 1.82) is 0 Å². The Kier molecular flexibility index (Phi) is 5.96. The summed E-state index contributed by atoms with van der Waals surface area (Å²) >= 11 is 18.1. The van der Waals surface area contributed by atoms with Crippen LogP contribution < -0.4 is 15.1 Å². The molecule has 0 aliphatic carbocycles. The number of rotatable bonds is 4. The standard InChI is InChI=1S/C16H16Cl3N5O/c17-11-8-12(18)15(13(19)9-11)22-14(25)10-23-4-6-24(7-5-23)16-20-2-1-3-21-16/h1-3,8-9H,4-7,10H2,(H,22,25)/p+1. The predicted octanol–water partition coefficient (Wildman–Crippen LogP) is 1.78. The first kappa shape index (κ1) is 18.2. The first-order valence-electron chi connectivity index (χ1n) is 7.83. The van der Waals surface area contributed by atoms with Crippen LogP contribution in [0.4, 0.5) is 11.6 Å². The maximum absolute atomic E-state index is 12.3. The Balaban J connectivity index is 1.53. The van der Waals surface area contributed by atoms with E-state index in [1.165, 1.54) is 4.90 Å². The van der Waals surface area contributed by atoms with Crippen LogP contribution >= 0.6 is 34.8 Å². The molecule has 2 N–H and O–H groups in total. The average molecular weight is 402 g/mol. The zero-order valence-corrected chi connectivity index (χ0v) is 15.6. The molecule has 6 nitrogen and oxygen atoms in total. The van der Waals surface area contributed by atoms with Gasteiger partial charge in [0.15, 0.2) is 6.54 Å². The number of anilines is 2. The van der Waals surface area contributed by atoms with Crippen LogP contribution in [0.3, 0.4) is 0 Å². The largest absolute Gasteiger partial charge is 0.330 e. The lowest BCUT2D eigenvalue weighted by Gasteiger charge is -2.31. The van der Waals surface area contributed by atoms with Gasteiger partial charge in [-0.2, -0.15) is 0 Å². The summed E-state index contributed by atoms with van der Waals surface area (Å²) in [4.78, 5) is 24.1. The van der Waals surface area contributed by atoms with Crippen LogP contribution in [0.5, 0.6) is 0 Å². The van der Waals surface area contributed by atoms with Crippen molar-refractivity contribution in [2.75, 3.05) is 42.9 Å². The van der Waals surface area contributed by atoms with E-state index in [-0.39, 0.29) is 5.91 Å². The van der Waals surface area contributed by atoms with Crippen molar-refractivity contribution in [3.8, 4) is 0 Å². The molecule has 1 aromatic heterocycles. The molecule has 0 saturated carbocycles. The highest BCUT2D eigenvalue weighted by Gasteiger charge is 2.24. The minimum Gasteiger partial charge on any atom is -0.330 e. The molecule has 0 radical (unpaired) electrons. The van der Waals surface area contributed by atoms with E-state index in [1.54, 1.807) is 30.6 Å². The zero-order valence-electron chi connectivity index (χ0n) is 13.3. The van der Waals surface area contributed by atoms with Gasteiger partial charge in [0.2, 0.25) is 5.95 Å². The summed E-state index contributed by atoms with van der Waals surface area (Å²) in [6, 6.07) is 4.90. The third-order valence-corrected chi connectivity index (χ3v) is 4.80. The SMILES string of the molecule is O=C(C[NH+]1CCN(c2ncccn2)CC1)Nc1c(Cl)cc(Cl)cc1Cl. The Morgan fingerprint density at radius 3 is 2.32 bits per heavy atom. The number of carbonyl (C=O) groups is 1. The van der Waals surface area contributed by atoms with E-state index in [0.29, 0.717) is 27.3 Å². The van der Waals surface area contributed by atoms with Crippen molar-refractivity contribution in [2.45, 2.75) is 0 Å². The topological polar surface area (TPSA) is 62.6 Å². The number of amides is 1. The summed E-state index contributed by atoms with van der Waals surface area (Å²) in [6.45, 7) is 3.60. The molecule has 1 aromatic carbocycles. The number of hydrogen-bond donors (Lipinski definition) is 2. The molecule has 2 heterocycles. The van der Waals surface area contributed by atoms with Crippen LogP contribution in [0, 0.1) is 0 Å². The van der Waals surface area contributed by atoms with Crippen LogP contribution in [0.25, 0.3) is 0 Å². The number of piperazine rings is 1. The van der Waals surface area contributed by atoms with Crippen molar-refractivity contribution in [1.82, 2.24) is 9.97 Å². The van der Waals surface area contributed by atoms with E-state index >= 15 is 0 Å². The van der Waals surface area contributed by atoms with Gasteiger partial charge in [-0.15, -0.1) is 0 Å². The highest BCUT2D eigenvalue weighted by Crippen LogP contribution is 2.33. The molecule has 3 rings (SSSR count). The van der Waals surface area contributed by atoms with Crippen LogP contribution in [-0.4, -0.2) is 48.6 Å². The van der Waals surface area contributed by atoms with E-state index < -0.39 is 0 Å². The van der Waals surface area contributed by atoms with Gasteiger partial charge in [0.05, 0.1) is 41.9 Å². The lowest BCUT2D eigenvalue weighted by molar-refractivity contribution is -0.892. The zero-order chi connectivity index (χ0) is 17.8. The molecule has 0 atom stereocenters. The molecular formula is C16H17Cl3N5O+. The molecule has 0 unspecified atom stereocenters. The molecular weight excluding hydrogens is 385 g/mol.